The largest absolute Gasteiger partial charge is 0.467 e. The van der Waals surface area contributed by atoms with Gasteiger partial charge in [0.25, 0.3) is 0 Å². The molecule has 0 aromatic heterocycles. The van der Waals surface area contributed by atoms with Crippen LogP contribution in [0.5, 0.6) is 0 Å². The van der Waals surface area contributed by atoms with Crippen molar-refractivity contribution in [2.24, 2.45) is 5.92 Å². The van der Waals surface area contributed by atoms with Gasteiger partial charge in [0, 0.05) is 24.6 Å². The van der Waals surface area contributed by atoms with Crippen LogP contribution in [0.1, 0.15) is 26.7 Å². The van der Waals surface area contributed by atoms with Crippen molar-refractivity contribution in [3.8, 4) is 0 Å². The number of rotatable bonds is 4. The lowest BCUT2D eigenvalue weighted by atomic mass is 9.77. The minimum Gasteiger partial charge on any atom is -0.467 e. The molecule has 0 radical (unpaired) electrons. The van der Waals surface area contributed by atoms with Gasteiger partial charge in [0.15, 0.2) is 0 Å². The molecular formula is C17H24N2O3. The fraction of sp³-hybridized carbons (Fsp3) is 0.529. The van der Waals surface area contributed by atoms with Crippen molar-refractivity contribution >= 4 is 17.6 Å². The Labute approximate surface area is 131 Å². The van der Waals surface area contributed by atoms with E-state index in [1.165, 1.54) is 7.11 Å². The highest BCUT2D eigenvalue weighted by atomic mass is 16.5. The average Bonchev–Trinajstić information content (AvgIpc) is 2.56. The lowest BCUT2D eigenvalue weighted by Gasteiger charge is -2.48. The predicted octanol–water partition coefficient (Wildman–Crippen LogP) is 1.97. The normalized spacial score (nSPS) is 24.6. The average molecular weight is 304 g/mol. The number of carbonyl (C=O) groups excluding carboxylic acids is 2. The Morgan fingerprint density at radius 2 is 2.05 bits per heavy atom. The molecule has 1 aromatic carbocycles. The lowest BCUT2D eigenvalue weighted by Crippen LogP contribution is -2.66. The van der Waals surface area contributed by atoms with Gasteiger partial charge in [0.1, 0.15) is 5.54 Å². The number of methoxy groups -OCH3 is 1. The van der Waals surface area contributed by atoms with Gasteiger partial charge < -0.3 is 10.1 Å². The van der Waals surface area contributed by atoms with Gasteiger partial charge in [-0.1, -0.05) is 32.0 Å². The first-order chi connectivity index (χ1) is 10.6. The monoisotopic (exact) mass is 304 g/mol. The van der Waals surface area contributed by atoms with E-state index in [0.717, 1.165) is 5.69 Å². The minimum atomic E-state index is -0.950. The summed E-state index contributed by atoms with van der Waals surface area (Å²) in [7, 11) is 1.39. The van der Waals surface area contributed by atoms with E-state index in [1.54, 1.807) is 4.90 Å². The van der Waals surface area contributed by atoms with E-state index in [4.69, 9.17) is 4.74 Å². The highest BCUT2D eigenvalue weighted by molar-refractivity contribution is 6.02. The summed E-state index contributed by atoms with van der Waals surface area (Å²) in [5.74, 6) is -0.443. The zero-order chi connectivity index (χ0) is 16.2. The third kappa shape index (κ3) is 2.73. The number of anilines is 1. The van der Waals surface area contributed by atoms with Crippen LogP contribution in [0.25, 0.3) is 0 Å². The molecule has 120 valence electrons. The smallest absolute Gasteiger partial charge is 0.332 e. The number of benzene rings is 1. The second kappa shape index (κ2) is 6.92. The van der Waals surface area contributed by atoms with Crippen molar-refractivity contribution in [1.29, 1.82) is 0 Å². The summed E-state index contributed by atoms with van der Waals surface area (Å²) in [5.41, 5.74) is -0.206. The third-order valence-corrected chi connectivity index (χ3v) is 4.45. The molecule has 22 heavy (non-hydrogen) atoms. The van der Waals surface area contributed by atoms with Crippen LogP contribution in [-0.4, -0.2) is 37.6 Å². The van der Waals surface area contributed by atoms with Crippen LogP contribution in [0.4, 0.5) is 5.69 Å². The molecule has 0 spiro atoms. The van der Waals surface area contributed by atoms with Gasteiger partial charge in [-0.25, -0.2) is 4.79 Å². The summed E-state index contributed by atoms with van der Waals surface area (Å²) < 4.78 is 5.10. The molecule has 0 saturated carbocycles. The maximum atomic E-state index is 12.7. The first-order valence-corrected chi connectivity index (χ1v) is 7.75. The summed E-state index contributed by atoms with van der Waals surface area (Å²) in [6.07, 6.45) is 0.884. The Morgan fingerprint density at radius 1 is 1.36 bits per heavy atom. The number of hydrogen-bond donors (Lipinski definition) is 1. The minimum absolute atomic E-state index is 0.0376. The van der Waals surface area contributed by atoms with E-state index in [2.05, 4.69) is 5.32 Å². The fourth-order valence-electron chi connectivity index (χ4n) is 3.25. The van der Waals surface area contributed by atoms with Gasteiger partial charge in [0.05, 0.1) is 7.11 Å². The molecule has 2 rings (SSSR count). The van der Waals surface area contributed by atoms with Crippen LogP contribution in [-0.2, 0) is 14.3 Å². The first kappa shape index (κ1) is 16.5. The number of piperidine rings is 1. The zero-order valence-corrected chi connectivity index (χ0v) is 13.5. The van der Waals surface area contributed by atoms with E-state index in [0.29, 0.717) is 25.9 Å². The van der Waals surface area contributed by atoms with Crippen molar-refractivity contribution < 1.29 is 14.3 Å². The van der Waals surface area contributed by atoms with E-state index < -0.39 is 5.54 Å². The molecule has 1 amide bonds. The highest BCUT2D eigenvalue weighted by Gasteiger charge is 2.52. The third-order valence-electron chi connectivity index (χ3n) is 4.45. The number of hydrogen-bond acceptors (Lipinski definition) is 4. The Balaban J connectivity index is 2.58. The Hall–Kier alpha value is -1.88. The van der Waals surface area contributed by atoms with E-state index >= 15 is 0 Å². The lowest BCUT2D eigenvalue weighted by molar-refractivity contribution is -0.152. The van der Waals surface area contributed by atoms with Crippen molar-refractivity contribution in [2.45, 2.75) is 32.2 Å². The SMILES string of the molecule is CCC(=O)N(c1ccccc1)[C@@]1(C(=O)OC)CCNC[C@H]1C. The molecule has 5 heteroatoms. The second-order valence-corrected chi connectivity index (χ2v) is 5.69. The van der Waals surface area contributed by atoms with Gasteiger partial charge in [-0.3, -0.25) is 9.69 Å². The summed E-state index contributed by atoms with van der Waals surface area (Å²) >= 11 is 0. The number of carbonyl (C=O) groups is 2. The molecule has 0 aliphatic carbocycles. The highest BCUT2D eigenvalue weighted by Crippen LogP contribution is 2.36. The van der Waals surface area contributed by atoms with Gasteiger partial charge in [-0.05, 0) is 25.1 Å². The second-order valence-electron chi connectivity index (χ2n) is 5.69. The molecule has 0 bridgehead atoms. The Morgan fingerprint density at radius 3 is 2.59 bits per heavy atom. The number of amides is 1. The zero-order valence-electron chi connectivity index (χ0n) is 13.5. The van der Waals surface area contributed by atoms with Crippen molar-refractivity contribution in [1.82, 2.24) is 5.32 Å². The van der Waals surface area contributed by atoms with Crippen molar-refractivity contribution in [3.05, 3.63) is 30.3 Å². The van der Waals surface area contributed by atoms with E-state index in [1.807, 2.05) is 44.2 Å². The van der Waals surface area contributed by atoms with Crippen LogP contribution >= 0.6 is 0 Å². The number of nitrogens with zero attached hydrogens (tertiary/aromatic N) is 1. The van der Waals surface area contributed by atoms with Crippen LogP contribution in [0.2, 0.25) is 0 Å². The van der Waals surface area contributed by atoms with Gasteiger partial charge >= 0.3 is 5.97 Å². The number of para-hydroxylation sites is 1. The molecule has 1 heterocycles. The molecule has 5 nitrogen and oxygen atoms in total. The number of ether oxygens (including phenoxy) is 1. The topological polar surface area (TPSA) is 58.6 Å². The molecule has 2 atom stereocenters. The van der Waals surface area contributed by atoms with E-state index in [-0.39, 0.29) is 17.8 Å². The van der Waals surface area contributed by atoms with Gasteiger partial charge in [0.2, 0.25) is 5.91 Å². The molecule has 0 unspecified atom stereocenters. The molecule has 1 fully saturated rings. The van der Waals surface area contributed by atoms with Crippen LogP contribution < -0.4 is 10.2 Å². The number of nitrogens with one attached hydrogen (secondary N) is 1. The standard InChI is InChI=1S/C17H24N2O3/c1-4-15(20)19(14-8-6-5-7-9-14)17(16(21)22-3)10-11-18-12-13(17)2/h5-9,13,18H,4,10-12H2,1-3H3/t13-,17+/m1/s1. The van der Waals surface area contributed by atoms with Gasteiger partial charge in [-0.15, -0.1) is 0 Å². The molecule has 1 aliphatic heterocycles. The summed E-state index contributed by atoms with van der Waals surface area (Å²) in [6.45, 7) is 5.16. The van der Waals surface area contributed by atoms with E-state index in [9.17, 15) is 9.59 Å². The first-order valence-electron chi connectivity index (χ1n) is 7.75. The maximum absolute atomic E-state index is 12.7. The summed E-state index contributed by atoms with van der Waals surface area (Å²) in [5, 5.41) is 3.29. The molecule has 1 aliphatic rings. The molecule has 1 aromatic rings. The number of esters is 1. The Bertz CT molecular complexity index is 532. The van der Waals surface area contributed by atoms with Gasteiger partial charge in [-0.2, -0.15) is 0 Å². The molecule has 1 N–H and O–H groups in total. The summed E-state index contributed by atoms with van der Waals surface area (Å²) in [4.78, 5) is 27.0. The fourth-order valence-corrected chi connectivity index (χ4v) is 3.25. The molecular weight excluding hydrogens is 280 g/mol. The summed E-state index contributed by atoms with van der Waals surface area (Å²) in [6, 6.07) is 9.39. The predicted molar refractivity (Wildman–Crippen MR) is 85.6 cm³/mol. The maximum Gasteiger partial charge on any atom is 0.332 e. The van der Waals surface area contributed by atoms with Crippen LogP contribution in [0, 0.1) is 5.92 Å². The van der Waals surface area contributed by atoms with Crippen LogP contribution in [0.3, 0.4) is 0 Å². The Kier molecular flexibility index (Phi) is 5.19. The van der Waals surface area contributed by atoms with Crippen molar-refractivity contribution in [3.63, 3.8) is 0 Å². The quantitative estimate of drug-likeness (QED) is 0.864. The van der Waals surface area contributed by atoms with Crippen LogP contribution in [0.15, 0.2) is 30.3 Å². The van der Waals surface area contributed by atoms with Crippen molar-refractivity contribution in [2.75, 3.05) is 25.1 Å². The molecule has 1 saturated heterocycles.